The van der Waals surface area contributed by atoms with E-state index in [0.717, 1.165) is 49.7 Å². The van der Waals surface area contributed by atoms with Gasteiger partial charge in [-0.25, -0.2) is 0 Å². The third kappa shape index (κ3) is 3.83. The molecule has 1 aromatic rings. The van der Waals surface area contributed by atoms with Crippen molar-refractivity contribution in [1.82, 2.24) is 4.90 Å². The zero-order chi connectivity index (χ0) is 13.7. The number of aliphatic hydroxyl groups excluding tert-OH is 1. The van der Waals surface area contributed by atoms with Gasteiger partial charge < -0.3 is 15.7 Å². The first-order valence-electron chi connectivity index (χ1n) is 6.81. The van der Waals surface area contributed by atoms with Crippen molar-refractivity contribution < 1.29 is 5.11 Å². The second kappa shape index (κ2) is 7.10. The molecule has 0 atom stereocenters. The van der Waals surface area contributed by atoms with E-state index in [2.05, 4.69) is 15.9 Å². The van der Waals surface area contributed by atoms with E-state index >= 15 is 0 Å². The normalized spacial score (nSPS) is 17.5. The van der Waals surface area contributed by atoms with Gasteiger partial charge in [0, 0.05) is 43.4 Å². The maximum absolute atomic E-state index is 9.02. The smallest absolute Gasteiger partial charge is 0.0558 e. The first-order chi connectivity index (χ1) is 9.24. The van der Waals surface area contributed by atoms with Crippen LogP contribution in [-0.2, 0) is 6.54 Å². The second-order valence-corrected chi connectivity index (χ2v) is 5.32. The predicted molar refractivity (Wildman–Crippen MR) is 79.7 cm³/mol. The number of β-amino-alcohol motifs (C(OH)–C–C–N with tert-alkyl or cyclic N) is 1. The molecule has 1 aromatic carbocycles. The van der Waals surface area contributed by atoms with Gasteiger partial charge in [-0.3, -0.25) is 4.90 Å². The summed E-state index contributed by atoms with van der Waals surface area (Å²) in [6, 6.07) is 5.94. The topological polar surface area (TPSA) is 52.7 Å². The van der Waals surface area contributed by atoms with Crippen LogP contribution in [0.4, 0.5) is 5.69 Å². The summed E-state index contributed by atoms with van der Waals surface area (Å²) in [4.78, 5) is 4.67. The molecule has 0 aromatic heterocycles. The van der Waals surface area contributed by atoms with Crippen LogP contribution in [0.1, 0.15) is 12.0 Å². The molecule has 0 aliphatic carbocycles. The number of rotatable bonds is 4. The van der Waals surface area contributed by atoms with Crippen molar-refractivity contribution in [3.05, 3.63) is 28.8 Å². The molecule has 106 valence electrons. The predicted octanol–water partition coefficient (Wildman–Crippen LogP) is 1.30. The fraction of sp³-hybridized carbons (Fsp3) is 0.571. The van der Waals surface area contributed by atoms with Gasteiger partial charge in [0.25, 0.3) is 0 Å². The minimum atomic E-state index is 0.231. The summed E-state index contributed by atoms with van der Waals surface area (Å²) in [6.07, 6.45) is 1.10. The Morgan fingerprint density at radius 3 is 2.79 bits per heavy atom. The van der Waals surface area contributed by atoms with Gasteiger partial charge in [-0.2, -0.15) is 0 Å². The number of benzene rings is 1. The van der Waals surface area contributed by atoms with Crippen LogP contribution in [0.25, 0.3) is 0 Å². The molecule has 2 rings (SSSR count). The van der Waals surface area contributed by atoms with Crippen LogP contribution in [0.2, 0.25) is 5.02 Å². The average molecular weight is 284 g/mol. The first-order valence-corrected chi connectivity index (χ1v) is 7.19. The van der Waals surface area contributed by atoms with Crippen molar-refractivity contribution in [1.29, 1.82) is 0 Å². The molecule has 0 amide bonds. The molecule has 1 aliphatic heterocycles. The Kier molecular flexibility index (Phi) is 5.45. The molecule has 1 heterocycles. The van der Waals surface area contributed by atoms with Crippen molar-refractivity contribution in [3.8, 4) is 0 Å². The molecule has 0 spiro atoms. The maximum Gasteiger partial charge on any atom is 0.0558 e. The third-order valence-corrected chi connectivity index (χ3v) is 3.84. The van der Waals surface area contributed by atoms with Gasteiger partial charge in [0.15, 0.2) is 0 Å². The van der Waals surface area contributed by atoms with Crippen LogP contribution >= 0.6 is 11.6 Å². The van der Waals surface area contributed by atoms with Gasteiger partial charge in [-0.05, 0) is 36.7 Å². The fourth-order valence-corrected chi connectivity index (χ4v) is 2.80. The van der Waals surface area contributed by atoms with E-state index in [1.54, 1.807) is 0 Å². The van der Waals surface area contributed by atoms with E-state index in [-0.39, 0.29) is 6.61 Å². The maximum atomic E-state index is 9.02. The van der Waals surface area contributed by atoms with Gasteiger partial charge in [0.2, 0.25) is 0 Å². The van der Waals surface area contributed by atoms with E-state index < -0.39 is 0 Å². The molecule has 1 aliphatic rings. The summed E-state index contributed by atoms with van der Waals surface area (Å²) in [5, 5.41) is 9.76. The van der Waals surface area contributed by atoms with Crippen LogP contribution < -0.4 is 10.6 Å². The summed E-state index contributed by atoms with van der Waals surface area (Å²) in [6.45, 7) is 5.51. The number of aliphatic hydroxyl groups is 1. The highest BCUT2D eigenvalue weighted by Gasteiger charge is 2.16. The lowest BCUT2D eigenvalue weighted by Crippen LogP contribution is -2.32. The molecular formula is C14H22ClN3O. The standard InChI is InChI=1S/C14H22ClN3O/c15-13-2-3-14(12(10-13)11-16)18-5-1-4-17(6-7-18)8-9-19/h2-3,10,19H,1,4-9,11,16H2. The number of nitrogens with two attached hydrogens (primary N) is 1. The summed E-state index contributed by atoms with van der Waals surface area (Å²) < 4.78 is 0. The van der Waals surface area contributed by atoms with E-state index in [1.807, 2.05) is 12.1 Å². The largest absolute Gasteiger partial charge is 0.395 e. The SMILES string of the molecule is NCc1cc(Cl)ccc1N1CCCN(CCO)CC1. The number of hydrogen-bond donors (Lipinski definition) is 2. The molecule has 0 saturated carbocycles. The monoisotopic (exact) mass is 283 g/mol. The summed E-state index contributed by atoms with van der Waals surface area (Å²) in [5.74, 6) is 0. The van der Waals surface area contributed by atoms with Crippen LogP contribution in [-0.4, -0.2) is 49.3 Å². The summed E-state index contributed by atoms with van der Waals surface area (Å²) in [5.41, 5.74) is 8.10. The highest BCUT2D eigenvalue weighted by Crippen LogP contribution is 2.25. The molecule has 0 bridgehead atoms. The van der Waals surface area contributed by atoms with Crippen LogP contribution in [0.15, 0.2) is 18.2 Å². The van der Waals surface area contributed by atoms with Gasteiger partial charge >= 0.3 is 0 Å². The number of halogens is 1. The molecular weight excluding hydrogens is 262 g/mol. The van der Waals surface area contributed by atoms with Gasteiger partial charge in [-0.15, -0.1) is 0 Å². The lowest BCUT2D eigenvalue weighted by molar-refractivity contribution is 0.204. The zero-order valence-corrected chi connectivity index (χ0v) is 11.9. The number of anilines is 1. The van der Waals surface area contributed by atoms with E-state index in [0.29, 0.717) is 6.54 Å². The quantitative estimate of drug-likeness (QED) is 0.875. The summed E-state index contributed by atoms with van der Waals surface area (Å²) >= 11 is 6.02. The highest BCUT2D eigenvalue weighted by molar-refractivity contribution is 6.30. The van der Waals surface area contributed by atoms with E-state index in [4.69, 9.17) is 22.4 Å². The molecule has 0 unspecified atom stereocenters. The average Bonchev–Trinajstić information content (AvgIpc) is 2.65. The van der Waals surface area contributed by atoms with E-state index in [1.165, 1.54) is 5.69 Å². The Labute approximate surface area is 119 Å². The second-order valence-electron chi connectivity index (χ2n) is 4.88. The lowest BCUT2D eigenvalue weighted by Gasteiger charge is -2.25. The van der Waals surface area contributed by atoms with Crippen molar-refractivity contribution in [3.63, 3.8) is 0 Å². The first kappa shape index (κ1) is 14.6. The van der Waals surface area contributed by atoms with E-state index in [9.17, 15) is 0 Å². The molecule has 5 heteroatoms. The van der Waals surface area contributed by atoms with Gasteiger partial charge in [-0.1, -0.05) is 11.6 Å². The minimum Gasteiger partial charge on any atom is -0.395 e. The molecule has 1 saturated heterocycles. The number of hydrogen-bond acceptors (Lipinski definition) is 4. The molecule has 3 N–H and O–H groups in total. The molecule has 19 heavy (non-hydrogen) atoms. The zero-order valence-electron chi connectivity index (χ0n) is 11.2. The highest BCUT2D eigenvalue weighted by atomic mass is 35.5. The molecule has 4 nitrogen and oxygen atoms in total. The molecule has 0 radical (unpaired) electrons. The summed E-state index contributed by atoms with van der Waals surface area (Å²) in [7, 11) is 0. The Balaban J connectivity index is 2.09. The number of nitrogens with zero attached hydrogens (tertiary/aromatic N) is 2. The fourth-order valence-electron chi connectivity index (χ4n) is 2.60. The Morgan fingerprint density at radius 1 is 1.21 bits per heavy atom. The molecule has 1 fully saturated rings. The van der Waals surface area contributed by atoms with Crippen molar-refractivity contribution in [2.24, 2.45) is 5.73 Å². The van der Waals surface area contributed by atoms with Crippen LogP contribution in [0.5, 0.6) is 0 Å². The third-order valence-electron chi connectivity index (χ3n) is 3.61. The van der Waals surface area contributed by atoms with Crippen molar-refractivity contribution in [2.75, 3.05) is 44.2 Å². The van der Waals surface area contributed by atoms with Crippen molar-refractivity contribution >= 4 is 17.3 Å². The Bertz CT molecular complexity index is 414. The van der Waals surface area contributed by atoms with Crippen molar-refractivity contribution in [2.45, 2.75) is 13.0 Å². The lowest BCUT2D eigenvalue weighted by atomic mass is 10.1. The Morgan fingerprint density at radius 2 is 2.05 bits per heavy atom. The minimum absolute atomic E-state index is 0.231. The van der Waals surface area contributed by atoms with Crippen LogP contribution in [0.3, 0.4) is 0 Å². The van der Waals surface area contributed by atoms with Gasteiger partial charge in [0.1, 0.15) is 0 Å². The van der Waals surface area contributed by atoms with Gasteiger partial charge in [0.05, 0.1) is 6.61 Å². The Hall–Kier alpha value is -0.810. The van der Waals surface area contributed by atoms with Crippen LogP contribution in [0, 0.1) is 0 Å².